The number of unbranched alkanes of at least 4 members (excludes halogenated alkanes) is 1. The number of likely N-dealkylation sites (N-methyl/N-ethyl adjacent to an activating group) is 1. The number of nitrogens with zero attached hydrogens (tertiary/aromatic N) is 1. The molecule has 3 aromatic carbocycles. The van der Waals surface area contributed by atoms with Crippen molar-refractivity contribution in [2.24, 2.45) is 0 Å². The number of hydrogen-bond donors (Lipinski definition) is 1. The third-order valence-corrected chi connectivity index (χ3v) is 6.26. The normalized spacial score (nSPS) is 14.9. The molecule has 4 rings (SSSR count). The molecule has 0 fully saturated rings. The monoisotopic (exact) mass is 444 g/mol. The maximum Gasteiger partial charge on any atom is 0.251 e. The van der Waals surface area contributed by atoms with E-state index < -0.39 is 0 Å². The number of methoxy groups -OCH3 is 1. The van der Waals surface area contributed by atoms with Gasteiger partial charge in [0.1, 0.15) is 18.1 Å². The third kappa shape index (κ3) is 5.93. The van der Waals surface area contributed by atoms with E-state index >= 15 is 0 Å². The van der Waals surface area contributed by atoms with Crippen LogP contribution in [0, 0.1) is 0 Å². The van der Waals surface area contributed by atoms with Gasteiger partial charge in [-0.2, -0.15) is 0 Å². The fraction of sp³-hybridized carbons (Fsp3) is 0.321. The molecule has 1 aliphatic rings. The second-order valence-electron chi connectivity index (χ2n) is 8.53. The summed E-state index contributed by atoms with van der Waals surface area (Å²) in [5.74, 6) is 1.81. The van der Waals surface area contributed by atoms with Gasteiger partial charge in [0, 0.05) is 18.2 Å². The quantitative estimate of drug-likeness (QED) is 0.482. The lowest BCUT2D eigenvalue weighted by molar-refractivity contribution is 0.0952. The van der Waals surface area contributed by atoms with Crippen molar-refractivity contribution in [1.29, 1.82) is 0 Å². The summed E-state index contributed by atoms with van der Waals surface area (Å²) >= 11 is 0. The highest BCUT2D eigenvalue weighted by atomic mass is 16.5. The van der Waals surface area contributed by atoms with Gasteiger partial charge in [-0.05, 0) is 79.9 Å². The zero-order valence-corrected chi connectivity index (χ0v) is 19.4. The number of rotatable bonds is 9. The van der Waals surface area contributed by atoms with Crippen LogP contribution in [0.5, 0.6) is 11.5 Å². The zero-order valence-electron chi connectivity index (χ0n) is 19.4. The molecule has 1 heterocycles. The first kappa shape index (κ1) is 22.9. The molecule has 0 bridgehead atoms. The molecule has 0 aromatic heterocycles. The minimum Gasteiger partial charge on any atom is -0.497 e. The number of hydrogen-bond acceptors (Lipinski definition) is 4. The van der Waals surface area contributed by atoms with E-state index in [-0.39, 0.29) is 5.91 Å². The Morgan fingerprint density at radius 3 is 2.55 bits per heavy atom. The maximum atomic E-state index is 12.5. The Kier molecular flexibility index (Phi) is 7.63. The summed E-state index contributed by atoms with van der Waals surface area (Å²) in [7, 11) is 3.83. The number of nitrogens with one attached hydrogen (secondary N) is 1. The van der Waals surface area contributed by atoms with Crippen LogP contribution in [0.1, 0.15) is 28.8 Å². The van der Waals surface area contributed by atoms with Gasteiger partial charge in [-0.3, -0.25) is 9.69 Å². The fourth-order valence-corrected chi connectivity index (χ4v) is 4.18. The Hall–Kier alpha value is -3.31. The molecule has 0 aliphatic carbocycles. The highest BCUT2D eigenvalue weighted by Gasteiger charge is 2.23. The van der Waals surface area contributed by atoms with E-state index in [2.05, 4.69) is 35.5 Å². The molecule has 1 aliphatic heterocycles. The van der Waals surface area contributed by atoms with Gasteiger partial charge < -0.3 is 14.8 Å². The van der Waals surface area contributed by atoms with Crippen molar-refractivity contribution in [1.82, 2.24) is 10.2 Å². The van der Waals surface area contributed by atoms with Crippen LogP contribution in [0.4, 0.5) is 0 Å². The lowest BCUT2D eigenvalue weighted by Crippen LogP contribution is -2.41. The van der Waals surface area contributed by atoms with Gasteiger partial charge in [-0.25, -0.2) is 0 Å². The van der Waals surface area contributed by atoms with E-state index in [1.165, 1.54) is 5.56 Å². The Bertz CT molecular complexity index is 1050. The molecule has 0 saturated carbocycles. The molecule has 0 radical (unpaired) electrons. The molecule has 1 amide bonds. The number of amides is 1. The first-order valence-corrected chi connectivity index (χ1v) is 11.6. The predicted octanol–water partition coefficient (Wildman–Crippen LogP) is 4.81. The topological polar surface area (TPSA) is 50.8 Å². The number of fused-ring (bicyclic) bond motifs is 1. The molecule has 5 heteroatoms. The standard InChI is InChI=1S/C28H32N2O3/c1-30(25-18-24-19-26(32-2)14-15-27(24)33-20-25)17-7-6-16-29-28(31)23-12-10-22(11-13-23)21-8-4-3-5-9-21/h3-5,8-15,19,25H,6-7,16-18,20H2,1-2H3,(H,29,31)/t25-/m1/s1. The van der Waals surface area contributed by atoms with Crippen LogP contribution in [-0.4, -0.2) is 50.7 Å². The number of carbonyl (C=O) groups excluding carboxylic acids is 1. The van der Waals surface area contributed by atoms with Gasteiger partial charge in [-0.1, -0.05) is 42.5 Å². The number of benzene rings is 3. The van der Waals surface area contributed by atoms with Gasteiger partial charge in [-0.15, -0.1) is 0 Å². The molecule has 1 N–H and O–H groups in total. The van der Waals surface area contributed by atoms with Gasteiger partial charge >= 0.3 is 0 Å². The van der Waals surface area contributed by atoms with Crippen molar-refractivity contribution in [3.63, 3.8) is 0 Å². The van der Waals surface area contributed by atoms with E-state index in [1.807, 2.05) is 54.6 Å². The third-order valence-electron chi connectivity index (χ3n) is 6.26. The van der Waals surface area contributed by atoms with Gasteiger partial charge in [0.15, 0.2) is 0 Å². The molecule has 0 spiro atoms. The molecular formula is C28H32N2O3. The Labute approximate surface area is 196 Å². The van der Waals surface area contributed by atoms with E-state index in [1.54, 1.807) is 7.11 Å². The summed E-state index contributed by atoms with van der Waals surface area (Å²) in [5.41, 5.74) is 4.16. The lowest BCUT2D eigenvalue weighted by Gasteiger charge is -2.32. The summed E-state index contributed by atoms with van der Waals surface area (Å²) in [6.45, 7) is 2.34. The van der Waals surface area contributed by atoms with Gasteiger partial charge in [0.25, 0.3) is 5.91 Å². The first-order valence-electron chi connectivity index (χ1n) is 11.6. The summed E-state index contributed by atoms with van der Waals surface area (Å²) in [4.78, 5) is 14.8. The van der Waals surface area contributed by atoms with Crippen LogP contribution in [0.15, 0.2) is 72.8 Å². The van der Waals surface area contributed by atoms with Crippen molar-refractivity contribution >= 4 is 5.91 Å². The highest BCUT2D eigenvalue weighted by Crippen LogP contribution is 2.29. The summed E-state index contributed by atoms with van der Waals surface area (Å²) in [5, 5.41) is 3.04. The largest absolute Gasteiger partial charge is 0.497 e. The molecule has 33 heavy (non-hydrogen) atoms. The van der Waals surface area contributed by atoms with Crippen LogP contribution < -0.4 is 14.8 Å². The Morgan fingerprint density at radius 1 is 1.03 bits per heavy atom. The minimum absolute atomic E-state index is 0.0193. The van der Waals surface area contributed by atoms with Gasteiger partial charge in [0.05, 0.1) is 7.11 Å². The number of ether oxygens (including phenoxy) is 2. The van der Waals surface area contributed by atoms with Crippen molar-refractivity contribution in [3.8, 4) is 22.6 Å². The lowest BCUT2D eigenvalue weighted by atomic mass is 10.0. The summed E-state index contributed by atoms with van der Waals surface area (Å²) in [6, 6.07) is 24.3. The maximum absolute atomic E-state index is 12.5. The average Bonchev–Trinajstić information content (AvgIpc) is 2.88. The fourth-order valence-electron chi connectivity index (χ4n) is 4.18. The smallest absolute Gasteiger partial charge is 0.251 e. The van der Waals surface area contributed by atoms with Crippen LogP contribution in [0.2, 0.25) is 0 Å². The first-order chi connectivity index (χ1) is 16.1. The Morgan fingerprint density at radius 2 is 1.79 bits per heavy atom. The van der Waals surface area contributed by atoms with E-state index in [0.717, 1.165) is 48.4 Å². The van der Waals surface area contributed by atoms with Crippen molar-refractivity contribution < 1.29 is 14.3 Å². The van der Waals surface area contributed by atoms with Crippen LogP contribution in [-0.2, 0) is 6.42 Å². The summed E-state index contributed by atoms with van der Waals surface area (Å²) < 4.78 is 11.3. The molecule has 3 aromatic rings. The Balaban J connectivity index is 1.18. The molecule has 172 valence electrons. The second kappa shape index (κ2) is 11.0. The van der Waals surface area contributed by atoms with E-state index in [4.69, 9.17) is 9.47 Å². The second-order valence-corrected chi connectivity index (χ2v) is 8.53. The van der Waals surface area contributed by atoms with E-state index in [9.17, 15) is 4.79 Å². The molecular weight excluding hydrogens is 412 g/mol. The van der Waals surface area contributed by atoms with Crippen LogP contribution in [0.3, 0.4) is 0 Å². The van der Waals surface area contributed by atoms with Gasteiger partial charge in [0.2, 0.25) is 0 Å². The van der Waals surface area contributed by atoms with Crippen LogP contribution >= 0.6 is 0 Å². The van der Waals surface area contributed by atoms with Crippen molar-refractivity contribution in [2.75, 3.05) is 33.9 Å². The van der Waals surface area contributed by atoms with Crippen molar-refractivity contribution in [3.05, 3.63) is 83.9 Å². The number of carbonyl (C=O) groups is 1. The van der Waals surface area contributed by atoms with E-state index in [0.29, 0.717) is 24.8 Å². The predicted molar refractivity (Wildman–Crippen MR) is 132 cm³/mol. The molecule has 0 saturated heterocycles. The zero-order chi connectivity index (χ0) is 23.0. The molecule has 1 atom stereocenters. The SMILES string of the molecule is COc1ccc2c(c1)C[C@@H](N(C)CCCCNC(=O)c1ccc(-c3ccccc3)cc1)CO2. The summed E-state index contributed by atoms with van der Waals surface area (Å²) in [6.07, 6.45) is 2.92. The minimum atomic E-state index is -0.0193. The van der Waals surface area contributed by atoms with Crippen LogP contribution in [0.25, 0.3) is 11.1 Å². The molecule has 5 nitrogen and oxygen atoms in total. The van der Waals surface area contributed by atoms with Crippen molar-refractivity contribution in [2.45, 2.75) is 25.3 Å². The average molecular weight is 445 g/mol. The highest BCUT2D eigenvalue weighted by molar-refractivity contribution is 5.94. The molecule has 0 unspecified atom stereocenters.